The van der Waals surface area contributed by atoms with E-state index in [1.54, 1.807) is 0 Å². The van der Waals surface area contributed by atoms with Crippen molar-refractivity contribution >= 4 is 23.1 Å². The van der Waals surface area contributed by atoms with E-state index in [1.165, 1.54) is 0 Å². The third-order valence-corrected chi connectivity index (χ3v) is 10.5. The summed E-state index contributed by atoms with van der Waals surface area (Å²) in [6.07, 6.45) is 1.24. The van der Waals surface area contributed by atoms with Crippen molar-refractivity contribution in [1.82, 2.24) is 0 Å². The van der Waals surface area contributed by atoms with Crippen LogP contribution in [0.3, 0.4) is 0 Å². The fourth-order valence-corrected chi connectivity index (χ4v) is 2.73. The van der Waals surface area contributed by atoms with Gasteiger partial charge in [0.1, 0.15) is 0 Å². The Morgan fingerprint density at radius 2 is 0.516 bits per heavy atom. The maximum atomic E-state index is 12.2. The van der Waals surface area contributed by atoms with Crippen molar-refractivity contribution in [3.05, 3.63) is 0 Å². The molecule has 0 rings (SSSR count). The van der Waals surface area contributed by atoms with Crippen LogP contribution in [-0.2, 0) is 34.9 Å². The molecule has 0 fully saturated rings. The number of hydrogen-bond donors (Lipinski definition) is 0. The molecular formula is C12Co2MgN12O4. The Balaban J connectivity index is -0.000000490. The molecule has 0 heterocycles. The third-order valence-electron chi connectivity index (χ3n) is 2.56. The van der Waals surface area contributed by atoms with Crippen LogP contribution in [0.2, 0.25) is 0 Å². The maximum Gasteiger partial charge on any atom is 2.00 e. The predicted molar refractivity (Wildman–Crippen MR) is 76.7 cm³/mol. The van der Waals surface area contributed by atoms with Crippen molar-refractivity contribution in [3.63, 3.8) is 0 Å². The second-order valence-corrected chi connectivity index (χ2v) is 16.8. The molecule has 0 N–H and O–H groups in total. The summed E-state index contributed by atoms with van der Waals surface area (Å²) in [5, 5.41) is 107. The fraction of sp³-hybridized carbons (Fsp3) is 0. The molecule has 0 aliphatic carbocycles. The molecular weight excluding hydrogens is 518 g/mol. The molecule has 0 saturated carbocycles. The zero-order valence-electron chi connectivity index (χ0n) is 14.4. The molecule has 16 nitrogen and oxygen atoms in total. The second-order valence-electron chi connectivity index (χ2n) is 4.20. The van der Waals surface area contributed by atoms with Gasteiger partial charge >= 0.3 is 184 Å². The van der Waals surface area contributed by atoms with E-state index in [4.69, 9.17) is 63.1 Å². The van der Waals surface area contributed by atoms with E-state index in [2.05, 4.69) is 7.70 Å². The Morgan fingerprint density at radius 1 is 0.387 bits per heavy atom. The van der Waals surface area contributed by atoms with E-state index in [1.807, 2.05) is 0 Å². The summed E-state index contributed by atoms with van der Waals surface area (Å²) in [5.74, 6) is 0. The Hall–Kier alpha value is -5.14. The molecule has 0 aromatic heterocycles. The van der Waals surface area contributed by atoms with Crippen molar-refractivity contribution in [2.45, 2.75) is 0 Å². The SMILES string of the molecule is N#C[O][Co-](=[O])([C]#N)([C]#N)([C]#N)([C]#N)[C]#N.N#C[O][Co-](=[O])([C]#N)([C]#N)([C]#N)([C]#N)[C]#N.[Mg+2]. The number of hydrogen-bond acceptors (Lipinski definition) is 16. The Bertz CT molecular complexity index is 1340. The van der Waals surface area contributed by atoms with Gasteiger partial charge in [-0.15, -0.1) is 0 Å². The van der Waals surface area contributed by atoms with Crippen LogP contribution in [0.4, 0.5) is 0 Å². The minimum atomic E-state index is -8.12. The van der Waals surface area contributed by atoms with Crippen LogP contribution in [0, 0.1) is 126 Å². The smallest absolute Gasteiger partial charge is 2.00 e. The van der Waals surface area contributed by atoms with Gasteiger partial charge in [-0.05, 0) is 0 Å². The monoisotopic (exact) mass is 518 g/mol. The quantitative estimate of drug-likeness (QED) is 0.326. The van der Waals surface area contributed by atoms with Crippen molar-refractivity contribution in [3.8, 4) is 62.5 Å². The second kappa shape index (κ2) is 5.47. The normalized spacial score (nSPS) is 15.2. The summed E-state index contributed by atoms with van der Waals surface area (Å²) in [7, 11) is -16.2. The van der Waals surface area contributed by atoms with Crippen molar-refractivity contribution in [2.75, 3.05) is 0 Å². The molecule has 0 aliphatic heterocycles. The van der Waals surface area contributed by atoms with Crippen LogP contribution in [0.1, 0.15) is 0 Å². The van der Waals surface area contributed by atoms with Crippen LogP contribution in [0.5, 0.6) is 0 Å². The van der Waals surface area contributed by atoms with Crippen LogP contribution in [0.25, 0.3) is 0 Å². The molecule has 0 aromatic carbocycles. The van der Waals surface area contributed by atoms with Crippen molar-refractivity contribution in [1.29, 1.82) is 63.1 Å². The molecule has 31 heavy (non-hydrogen) atoms. The Labute approximate surface area is 183 Å². The van der Waals surface area contributed by atoms with E-state index in [9.17, 15) is 7.73 Å². The van der Waals surface area contributed by atoms with Crippen LogP contribution in [0.15, 0.2) is 0 Å². The fourth-order valence-electron chi connectivity index (χ4n) is 0.662. The van der Waals surface area contributed by atoms with Gasteiger partial charge in [0.05, 0.1) is 0 Å². The summed E-state index contributed by atoms with van der Waals surface area (Å²) in [4.78, 5) is 0. The largest absolute Gasteiger partial charge is 2.00 e. The van der Waals surface area contributed by atoms with Crippen LogP contribution < -0.4 is 0 Å². The van der Waals surface area contributed by atoms with E-state index in [0.29, 0.717) is 62.5 Å². The molecule has 19 heteroatoms. The van der Waals surface area contributed by atoms with Gasteiger partial charge in [0, 0.05) is 0 Å². The first kappa shape index (κ1) is 30.6. The van der Waals surface area contributed by atoms with Crippen LogP contribution in [-0.4, -0.2) is 23.1 Å². The minimum Gasteiger partial charge on any atom is 2.00 e. The van der Waals surface area contributed by atoms with Crippen molar-refractivity contribution in [2.24, 2.45) is 0 Å². The first-order valence-electron chi connectivity index (χ1n) is 5.30. The van der Waals surface area contributed by atoms with E-state index < -0.39 is 19.5 Å². The average molecular weight is 518 g/mol. The van der Waals surface area contributed by atoms with E-state index in [-0.39, 0.29) is 23.1 Å². The molecule has 0 unspecified atom stereocenters. The molecule has 0 aromatic rings. The van der Waals surface area contributed by atoms with Gasteiger partial charge < -0.3 is 0 Å². The van der Waals surface area contributed by atoms with Gasteiger partial charge in [-0.25, -0.2) is 0 Å². The molecule has 0 bridgehead atoms. The summed E-state index contributed by atoms with van der Waals surface area (Å²) in [5.41, 5.74) is 0. The zero-order valence-corrected chi connectivity index (χ0v) is 17.9. The maximum absolute atomic E-state index is 12.2. The standard InChI is InChI=1S/2CHNO.10CN.2Co.Mg.2O/c2*2-1-3;10*1-2;;;;;/h2*3H;;;;;;;;;;;;;;;/q;;;;;;;;;;;;;;+2;;/p-2. The number of rotatable bonds is 2. The molecule has 0 amide bonds. The zero-order chi connectivity index (χ0) is 24.7. The topological polar surface area (TPSA) is 338 Å². The molecule has 0 saturated heterocycles. The van der Waals surface area contributed by atoms with Gasteiger partial charge in [0.2, 0.25) is 0 Å². The predicted octanol–water partition coefficient (Wildman–Crippen LogP) is -0.559. The molecule has 152 valence electrons. The van der Waals surface area contributed by atoms with Gasteiger partial charge in [0.15, 0.2) is 0 Å². The molecule has 0 spiro atoms. The van der Waals surface area contributed by atoms with Crippen molar-refractivity contribution < 1.29 is 34.9 Å². The Kier molecular flexibility index (Phi) is 5.40. The van der Waals surface area contributed by atoms with Crippen LogP contribution >= 0.6 is 0 Å². The summed E-state index contributed by atoms with van der Waals surface area (Å²) in [6, 6.07) is 0. The first-order valence-corrected chi connectivity index (χ1v) is 12.2. The molecule has 0 atom stereocenters. The third kappa shape index (κ3) is 2.74. The average Bonchev–Trinajstić information content (AvgIpc) is 2.82. The summed E-state index contributed by atoms with van der Waals surface area (Å²) < 4.78 is 31.5. The summed E-state index contributed by atoms with van der Waals surface area (Å²) in [6.45, 7) is 0. The van der Waals surface area contributed by atoms with E-state index >= 15 is 0 Å². The number of nitriles is 12. The van der Waals surface area contributed by atoms with Gasteiger partial charge in [-0.1, -0.05) is 0 Å². The molecule has 0 aliphatic rings. The summed E-state index contributed by atoms with van der Waals surface area (Å²) >= 11 is 0. The minimum absolute atomic E-state index is 0. The number of nitrogens with zero attached hydrogens (tertiary/aromatic N) is 12. The van der Waals surface area contributed by atoms with Gasteiger partial charge in [0.25, 0.3) is 0 Å². The van der Waals surface area contributed by atoms with Gasteiger partial charge in [-0.3, -0.25) is 0 Å². The Morgan fingerprint density at radius 3 is 0.548 bits per heavy atom. The first-order chi connectivity index (χ1) is 13.4. The van der Waals surface area contributed by atoms with Gasteiger partial charge in [-0.2, -0.15) is 0 Å². The van der Waals surface area contributed by atoms with E-state index in [0.717, 1.165) is 0 Å². The molecule has 0 radical (unpaired) electrons.